The minimum Gasteiger partial charge on any atom is -0.489 e. The molecule has 2 aromatic rings. The van der Waals surface area contributed by atoms with Gasteiger partial charge in [0, 0.05) is 22.3 Å². The fourth-order valence-electron chi connectivity index (χ4n) is 1.42. The lowest BCUT2D eigenvalue weighted by Crippen LogP contribution is -2.00. The van der Waals surface area contributed by atoms with Crippen LogP contribution >= 0.6 is 34.8 Å². The van der Waals surface area contributed by atoms with Crippen LogP contribution in [0.4, 0.5) is 5.69 Å². The third-order valence-electron chi connectivity index (χ3n) is 2.39. The summed E-state index contributed by atoms with van der Waals surface area (Å²) in [7, 11) is 0. The zero-order chi connectivity index (χ0) is 13.1. The van der Waals surface area contributed by atoms with Crippen LogP contribution < -0.4 is 10.5 Å². The number of benzene rings is 2. The van der Waals surface area contributed by atoms with Gasteiger partial charge in [0.2, 0.25) is 0 Å². The van der Waals surface area contributed by atoms with Crippen LogP contribution in [-0.4, -0.2) is 0 Å². The van der Waals surface area contributed by atoms with Gasteiger partial charge in [-0.3, -0.25) is 0 Å². The van der Waals surface area contributed by atoms with Crippen molar-refractivity contribution >= 4 is 40.5 Å². The maximum absolute atomic E-state index is 5.89. The van der Waals surface area contributed by atoms with E-state index in [9.17, 15) is 0 Å². The molecule has 2 N–H and O–H groups in total. The van der Waals surface area contributed by atoms with Crippen molar-refractivity contribution in [2.75, 3.05) is 5.73 Å². The van der Waals surface area contributed by atoms with Gasteiger partial charge in [-0.25, -0.2) is 0 Å². The maximum atomic E-state index is 5.89. The summed E-state index contributed by atoms with van der Waals surface area (Å²) in [6.45, 7) is 0.348. The normalized spacial score (nSPS) is 10.4. The standard InChI is InChI=1S/C13H10Cl3NO/c14-9-2-1-8(13(17)5-9)7-18-10-3-4-11(15)12(16)6-10/h1-6H,7,17H2. The summed E-state index contributed by atoms with van der Waals surface area (Å²) in [5.41, 5.74) is 7.29. The van der Waals surface area contributed by atoms with Crippen molar-refractivity contribution in [1.82, 2.24) is 0 Å². The molecule has 0 bridgehead atoms. The van der Waals surface area contributed by atoms with E-state index in [0.717, 1.165) is 5.56 Å². The molecule has 18 heavy (non-hydrogen) atoms. The fraction of sp³-hybridized carbons (Fsp3) is 0.0769. The van der Waals surface area contributed by atoms with E-state index in [-0.39, 0.29) is 0 Å². The topological polar surface area (TPSA) is 35.2 Å². The van der Waals surface area contributed by atoms with Gasteiger partial charge in [0.15, 0.2) is 0 Å². The van der Waals surface area contributed by atoms with Crippen LogP contribution in [0.25, 0.3) is 0 Å². The summed E-state index contributed by atoms with van der Waals surface area (Å²) in [6, 6.07) is 10.4. The summed E-state index contributed by atoms with van der Waals surface area (Å²) in [4.78, 5) is 0. The van der Waals surface area contributed by atoms with Crippen LogP contribution in [0.2, 0.25) is 15.1 Å². The molecule has 2 nitrogen and oxygen atoms in total. The Morgan fingerprint density at radius 2 is 1.72 bits per heavy atom. The first-order valence-corrected chi connectivity index (χ1v) is 6.31. The monoisotopic (exact) mass is 301 g/mol. The number of anilines is 1. The van der Waals surface area contributed by atoms with E-state index < -0.39 is 0 Å². The second-order valence-electron chi connectivity index (χ2n) is 3.71. The lowest BCUT2D eigenvalue weighted by molar-refractivity contribution is 0.307. The molecule has 2 rings (SSSR count). The van der Waals surface area contributed by atoms with E-state index in [4.69, 9.17) is 45.3 Å². The Hall–Kier alpha value is -1.09. The van der Waals surface area contributed by atoms with E-state index >= 15 is 0 Å². The molecule has 0 fully saturated rings. The molecule has 0 spiro atoms. The van der Waals surface area contributed by atoms with Crippen LogP contribution in [0, 0.1) is 0 Å². The number of halogens is 3. The van der Waals surface area contributed by atoms with Crippen molar-refractivity contribution in [3.8, 4) is 5.75 Å². The highest BCUT2D eigenvalue weighted by Crippen LogP contribution is 2.27. The van der Waals surface area contributed by atoms with Crippen LogP contribution in [0.5, 0.6) is 5.75 Å². The van der Waals surface area contributed by atoms with E-state index in [0.29, 0.717) is 33.1 Å². The Bertz CT molecular complexity index is 572. The molecule has 0 aromatic heterocycles. The highest BCUT2D eigenvalue weighted by atomic mass is 35.5. The van der Waals surface area contributed by atoms with Gasteiger partial charge in [-0.2, -0.15) is 0 Å². The number of nitrogen functional groups attached to an aromatic ring is 1. The second-order valence-corrected chi connectivity index (χ2v) is 4.96. The van der Waals surface area contributed by atoms with E-state index in [1.807, 2.05) is 6.07 Å². The molecule has 0 aliphatic rings. The Morgan fingerprint density at radius 3 is 2.39 bits per heavy atom. The van der Waals surface area contributed by atoms with Crippen molar-refractivity contribution < 1.29 is 4.74 Å². The average Bonchev–Trinajstić information content (AvgIpc) is 2.32. The third kappa shape index (κ3) is 3.22. The van der Waals surface area contributed by atoms with E-state index in [1.165, 1.54) is 0 Å². The van der Waals surface area contributed by atoms with Gasteiger partial charge in [0.1, 0.15) is 12.4 Å². The van der Waals surface area contributed by atoms with Gasteiger partial charge in [-0.15, -0.1) is 0 Å². The van der Waals surface area contributed by atoms with Crippen molar-refractivity contribution in [3.05, 3.63) is 57.0 Å². The highest BCUT2D eigenvalue weighted by molar-refractivity contribution is 6.42. The first-order valence-electron chi connectivity index (χ1n) is 5.18. The largest absolute Gasteiger partial charge is 0.489 e. The number of hydrogen-bond donors (Lipinski definition) is 1. The van der Waals surface area contributed by atoms with Crippen LogP contribution in [0.3, 0.4) is 0 Å². The minimum atomic E-state index is 0.348. The Labute approximate surface area is 120 Å². The number of hydrogen-bond acceptors (Lipinski definition) is 2. The summed E-state index contributed by atoms with van der Waals surface area (Å²) >= 11 is 17.5. The molecule has 0 heterocycles. The summed E-state index contributed by atoms with van der Waals surface area (Å²) in [5.74, 6) is 0.638. The third-order valence-corrected chi connectivity index (χ3v) is 3.37. The average molecular weight is 303 g/mol. The van der Waals surface area contributed by atoms with Gasteiger partial charge < -0.3 is 10.5 Å². The zero-order valence-corrected chi connectivity index (χ0v) is 11.6. The van der Waals surface area contributed by atoms with E-state index in [1.54, 1.807) is 30.3 Å². The number of ether oxygens (including phenoxy) is 1. The fourth-order valence-corrected chi connectivity index (χ4v) is 1.89. The second kappa shape index (κ2) is 5.70. The molecule has 5 heteroatoms. The van der Waals surface area contributed by atoms with Crippen molar-refractivity contribution in [1.29, 1.82) is 0 Å². The van der Waals surface area contributed by atoms with Crippen molar-refractivity contribution in [3.63, 3.8) is 0 Å². The number of nitrogens with two attached hydrogens (primary N) is 1. The van der Waals surface area contributed by atoms with Gasteiger partial charge in [-0.05, 0) is 24.3 Å². The molecular formula is C13H10Cl3NO. The summed E-state index contributed by atoms with van der Waals surface area (Å²) in [6.07, 6.45) is 0. The van der Waals surface area contributed by atoms with Crippen molar-refractivity contribution in [2.45, 2.75) is 6.61 Å². The first kappa shape index (κ1) is 13.3. The molecule has 0 unspecified atom stereocenters. The molecule has 0 aliphatic carbocycles. The number of rotatable bonds is 3. The molecule has 0 atom stereocenters. The van der Waals surface area contributed by atoms with Crippen LogP contribution in [-0.2, 0) is 6.61 Å². The van der Waals surface area contributed by atoms with E-state index in [2.05, 4.69) is 0 Å². The molecule has 94 valence electrons. The maximum Gasteiger partial charge on any atom is 0.121 e. The predicted molar refractivity (Wildman–Crippen MR) is 76.7 cm³/mol. The first-order chi connectivity index (χ1) is 8.56. The minimum absolute atomic E-state index is 0.348. The predicted octanol–water partition coefficient (Wildman–Crippen LogP) is 4.81. The molecule has 0 amide bonds. The van der Waals surface area contributed by atoms with Gasteiger partial charge >= 0.3 is 0 Å². The van der Waals surface area contributed by atoms with Gasteiger partial charge in [-0.1, -0.05) is 40.9 Å². The lowest BCUT2D eigenvalue weighted by atomic mass is 10.2. The van der Waals surface area contributed by atoms with Crippen molar-refractivity contribution in [2.24, 2.45) is 0 Å². The Morgan fingerprint density at radius 1 is 0.944 bits per heavy atom. The quantitative estimate of drug-likeness (QED) is 0.826. The van der Waals surface area contributed by atoms with Crippen LogP contribution in [0.15, 0.2) is 36.4 Å². The highest BCUT2D eigenvalue weighted by Gasteiger charge is 2.03. The zero-order valence-electron chi connectivity index (χ0n) is 9.29. The Kier molecular flexibility index (Phi) is 4.23. The van der Waals surface area contributed by atoms with Crippen LogP contribution in [0.1, 0.15) is 5.56 Å². The summed E-state index contributed by atoms with van der Waals surface area (Å²) < 4.78 is 5.58. The van der Waals surface area contributed by atoms with Gasteiger partial charge in [0.25, 0.3) is 0 Å². The Balaban J connectivity index is 2.09. The SMILES string of the molecule is Nc1cc(Cl)ccc1COc1ccc(Cl)c(Cl)c1. The molecule has 2 aromatic carbocycles. The summed E-state index contributed by atoms with van der Waals surface area (Å²) in [5, 5.41) is 1.55. The molecule has 0 saturated heterocycles. The van der Waals surface area contributed by atoms with Gasteiger partial charge in [0.05, 0.1) is 10.0 Å². The molecule has 0 saturated carbocycles. The molecule has 0 radical (unpaired) electrons. The molecular weight excluding hydrogens is 293 g/mol. The lowest BCUT2D eigenvalue weighted by Gasteiger charge is -2.09. The smallest absolute Gasteiger partial charge is 0.121 e. The molecule has 0 aliphatic heterocycles.